The molecule has 3 rings (SSSR count). The Morgan fingerprint density at radius 2 is 1.92 bits per heavy atom. The third-order valence-corrected chi connectivity index (χ3v) is 4.14. The number of alkyl halides is 3. The molecular formula is C16H18F3NO4. The Balaban J connectivity index is 1.59. The van der Waals surface area contributed by atoms with Gasteiger partial charge in [0.05, 0.1) is 25.4 Å². The van der Waals surface area contributed by atoms with Crippen molar-refractivity contribution in [3.63, 3.8) is 0 Å². The predicted molar refractivity (Wildman–Crippen MR) is 77.7 cm³/mol. The lowest BCUT2D eigenvalue weighted by molar-refractivity contribution is -0.274. The van der Waals surface area contributed by atoms with Crippen molar-refractivity contribution in [2.45, 2.75) is 43.9 Å². The average Bonchev–Trinajstić information content (AvgIpc) is 2.53. The molecule has 8 heteroatoms. The number of halogens is 3. The van der Waals surface area contributed by atoms with Crippen molar-refractivity contribution in [2.24, 2.45) is 0 Å². The highest BCUT2D eigenvalue weighted by molar-refractivity contribution is 5.94. The zero-order valence-corrected chi connectivity index (χ0v) is 12.8. The summed E-state index contributed by atoms with van der Waals surface area (Å²) in [5.41, 5.74) is 0.125. The fourth-order valence-corrected chi connectivity index (χ4v) is 3.10. The smallest absolute Gasteiger partial charge is 0.406 e. The van der Waals surface area contributed by atoms with Crippen LogP contribution >= 0.6 is 0 Å². The molecule has 1 N–H and O–H groups in total. The van der Waals surface area contributed by atoms with Gasteiger partial charge in [-0.25, -0.2) is 0 Å². The minimum atomic E-state index is -4.79. The monoisotopic (exact) mass is 345 g/mol. The Hall–Kier alpha value is -1.80. The molecule has 1 aliphatic carbocycles. The highest BCUT2D eigenvalue weighted by atomic mass is 19.4. The fraction of sp³-hybridized carbons (Fsp3) is 0.562. The van der Waals surface area contributed by atoms with Crippen molar-refractivity contribution in [3.8, 4) is 5.75 Å². The summed E-state index contributed by atoms with van der Waals surface area (Å²) in [7, 11) is 0. The van der Waals surface area contributed by atoms with Gasteiger partial charge in [0, 0.05) is 11.6 Å². The van der Waals surface area contributed by atoms with Crippen LogP contribution in [0.4, 0.5) is 13.2 Å². The summed E-state index contributed by atoms with van der Waals surface area (Å²) in [4.78, 5) is 12.3. The highest BCUT2D eigenvalue weighted by Crippen LogP contribution is 2.27. The summed E-state index contributed by atoms with van der Waals surface area (Å²) in [6, 6.07) is 4.94. The van der Waals surface area contributed by atoms with E-state index >= 15 is 0 Å². The molecular weight excluding hydrogens is 327 g/mol. The molecule has 0 unspecified atom stereocenters. The van der Waals surface area contributed by atoms with Crippen LogP contribution in [0.1, 0.15) is 29.6 Å². The standard InChI is InChI=1S/C16H18F3NO4/c17-16(18,19)24-12-3-1-2-10(8-12)15(21)20-11-4-5-13-14(9-11)23-7-6-22-13/h1-3,8,11,13-14H,4-7,9H2,(H,20,21)/t11-,13-,14+/m1/s1. The minimum Gasteiger partial charge on any atom is -0.406 e. The largest absolute Gasteiger partial charge is 0.573 e. The molecule has 1 amide bonds. The van der Waals surface area contributed by atoms with Gasteiger partial charge < -0.3 is 19.5 Å². The van der Waals surface area contributed by atoms with Gasteiger partial charge in [0.15, 0.2) is 0 Å². The van der Waals surface area contributed by atoms with Gasteiger partial charge in [-0.3, -0.25) is 4.79 Å². The molecule has 1 heterocycles. The molecule has 1 aromatic carbocycles. The number of ether oxygens (including phenoxy) is 3. The summed E-state index contributed by atoms with van der Waals surface area (Å²) in [6.45, 7) is 1.13. The molecule has 0 radical (unpaired) electrons. The summed E-state index contributed by atoms with van der Waals surface area (Å²) in [5.74, 6) is -0.842. The van der Waals surface area contributed by atoms with E-state index in [0.29, 0.717) is 19.6 Å². The van der Waals surface area contributed by atoms with Crippen molar-refractivity contribution in [2.75, 3.05) is 13.2 Å². The van der Waals surface area contributed by atoms with E-state index in [-0.39, 0.29) is 23.8 Å². The lowest BCUT2D eigenvalue weighted by atomic mass is 9.89. The molecule has 1 saturated heterocycles. The number of fused-ring (bicyclic) bond motifs is 1. The Bertz CT molecular complexity index is 593. The van der Waals surface area contributed by atoms with E-state index in [1.54, 1.807) is 0 Å². The van der Waals surface area contributed by atoms with Crippen LogP contribution in [-0.4, -0.2) is 43.7 Å². The second-order valence-electron chi connectivity index (χ2n) is 5.88. The zero-order chi connectivity index (χ0) is 17.2. The maximum absolute atomic E-state index is 12.3. The lowest BCUT2D eigenvalue weighted by Crippen LogP contribution is -2.49. The zero-order valence-electron chi connectivity index (χ0n) is 12.8. The molecule has 24 heavy (non-hydrogen) atoms. The van der Waals surface area contributed by atoms with Gasteiger partial charge in [0.25, 0.3) is 5.91 Å². The molecule has 0 aromatic heterocycles. The maximum atomic E-state index is 12.3. The average molecular weight is 345 g/mol. The molecule has 5 nitrogen and oxygen atoms in total. The first-order chi connectivity index (χ1) is 11.4. The normalized spacial score (nSPS) is 27.2. The quantitative estimate of drug-likeness (QED) is 0.915. The van der Waals surface area contributed by atoms with Crippen LogP contribution in [-0.2, 0) is 9.47 Å². The maximum Gasteiger partial charge on any atom is 0.573 e. The van der Waals surface area contributed by atoms with Crippen LogP contribution in [0.5, 0.6) is 5.75 Å². The first kappa shape index (κ1) is 17.0. The van der Waals surface area contributed by atoms with Crippen molar-refractivity contribution in [1.29, 1.82) is 0 Å². The number of carbonyl (C=O) groups is 1. The van der Waals surface area contributed by atoms with Gasteiger partial charge in [-0.2, -0.15) is 0 Å². The summed E-state index contributed by atoms with van der Waals surface area (Å²) in [6.07, 6.45) is -2.60. The van der Waals surface area contributed by atoms with E-state index in [0.717, 1.165) is 25.0 Å². The van der Waals surface area contributed by atoms with Crippen molar-refractivity contribution < 1.29 is 32.2 Å². The molecule has 0 spiro atoms. The lowest BCUT2D eigenvalue weighted by Gasteiger charge is -2.39. The van der Waals surface area contributed by atoms with E-state index in [1.165, 1.54) is 12.1 Å². The second kappa shape index (κ2) is 6.98. The van der Waals surface area contributed by atoms with Crippen LogP contribution in [0.3, 0.4) is 0 Å². The fourth-order valence-electron chi connectivity index (χ4n) is 3.10. The van der Waals surface area contributed by atoms with E-state index in [9.17, 15) is 18.0 Å². The first-order valence-corrected chi connectivity index (χ1v) is 7.80. The topological polar surface area (TPSA) is 56.8 Å². The van der Waals surface area contributed by atoms with Crippen LogP contribution < -0.4 is 10.1 Å². The predicted octanol–water partition coefficient (Wildman–Crippen LogP) is 2.65. The Morgan fingerprint density at radius 1 is 1.17 bits per heavy atom. The SMILES string of the molecule is O=C(N[C@@H]1CC[C@H]2OCCO[C@H]2C1)c1cccc(OC(F)(F)F)c1. The summed E-state index contributed by atoms with van der Waals surface area (Å²) in [5, 5.41) is 2.85. The van der Waals surface area contributed by atoms with Crippen molar-refractivity contribution in [3.05, 3.63) is 29.8 Å². The Morgan fingerprint density at radius 3 is 2.67 bits per heavy atom. The molecule has 2 aliphatic rings. The number of hydrogen-bond acceptors (Lipinski definition) is 4. The van der Waals surface area contributed by atoms with Gasteiger partial charge in [0.2, 0.25) is 0 Å². The highest BCUT2D eigenvalue weighted by Gasteiger charge is 2.35. The van der Waals surface area contributed by atoms with E-state index < -0.39 is 18.0 Å². The summed E-state index contributed by atoms with van der Waals surface area (Å²) < 4.78 is 51.9. The number of hydrogen-bond donors (Lipinski definition) is 1. The van der Waals surface area contributed by atoms with E-state index in [1.807, 2.05) is 0 Å². The van der Waals surface area contributed by atoms with Gasteiger partial charge in [0.1, 0.15) is 5.75 Å². The Kier molecular flexibility index (Phi) is 4.96. The molecule has 1 aromatic rings. The van der Waals surface area contributed by atoms with Crippen LogP contribution in [0.25, 0.3) is 0 Å². The second-order valence-corrected chi connectivity index (χ2v) is 5.88. The van der Waals surface area contributed by atoms with Gasteiger partial charge in [-0.05, 0) is 37.5 Å². The first-order valence-electron chi connectivity index (χ1n) is 7.80. The number of carbonyl (C=O) groups excluding carboxylic acids is 1. The van der Waals surface area contributed by atoms with Crippen molar-refractivity contribution in [1.82, 2.24) is 5.32 Å². The molecule has 132 valence electrons. The van der Waals surface area contributed by atoms with Crippen LogP contribution in [0.2, 0.25) is 0 Å². The van der Waals surface area contributed by atoms with E-state index in [4.69, 9.17) is 9.47 Å². The van der Waals surface area contributed by atoms with Gasteiger partial charge in [-0.1, -0.05) is 6.07 Å². The van der Waals surface area contributed by atoms with Crippen LogP contribution in [0.15, 0.2) is 24.3 Å². The molecule has 0 bridgehead atoms. The third kappa shape index (κ3) is 4.39. The number of rotatable bonds is 3. The molecule has 2 fully saturated rings. The van der Waals surface area contributed by atoms with Gasteiger partial charge >= 0.3 is 6.36 Å². The van der Waals surface area contributed by atoms with Crippen LogP contribution in [0, 0.1) is 0 Å². The molecule has 3 atom stereocenters. The number of benzene rings is 1. The number of nitrogens with one attached hydrogen (secondary N) is 1. The molecule has 1 aliphatic heterocycles. The third-order valence-electron chi connectivity index (χ3n) is 4.14. The minimum absolute atomic E-state index is 0.0438. The summed E-state index contributed by atoms with van der Waals surface area (Å²) >= 11 is 0. The Labute approximate surface area is 137 Å². The molecule has 1 saturated carbocycles. The van der Waals surface area contributed by atoms with Crippen molar-refractivity contribution >= 4 is 5.91 Å². The number of amides is 1. The van der Waals surface area contributed by atoms with Gasteiger partial charge in [-0.15, -0.1) is 13.2 Å². The van der Waals surface area contributed by atoms with E-state index in [2.05, 4.69) is 10.1 Å².